The average Bonchev–Trinajstić information content (AvgIpc) is 1.61. The van der Waals surface area contributed by atoms with Crippen LogP contribution < -0.4 is 0 Å². The molecule has 0 atom stereocenters. The lowest BCUT2D eigenvalue weighted by Gasteiger charge is -1.99. The summed E-state index contributed by atoms with van der Waals surface area (Å²) in [5.74, 6) is 0. The van der Waals surface area contributed by atoms with Crippen molar-refractivity contribution in [3.8, 4) is 0 Å². The van der Waals surface area contributed by atoms with E-state index in [1.807, 2.05) is 25.0 Å². The SMILES string of the molecule is CN(C)CN=C=N. The summed E-state index contributed by atoms with van der Waals surface area (Å²) in [4.78, 5) is 5.38. The molecule has 0 rings (SSSR count). The van der Waals surface area contributed by atoms with Crippen molar-refractivity contribution in [1.82, 2.24) is 4.90 Å². The van der Waals surface area contributed by atoms with E-state index < -0.39 is 0 Å². The molecule has 3 nitrogen and oxygen atoms in total. The van der Waals surface area contributed by atoms with Gasteiger partial charge in [-0.05, 0) is 14.1 Å². The summed E-state index contributed by atoms with van der Waals surface area (Å²) in [6.45, 7) is 0.559. The Balaban J connectivity index is 3.13. The molecule has 3 heteroatoms. The highest BCUT2D eigenvalue weighted by atomic mass is 15.1. The van der Waals surface area contributed by atoms with E-state index in [1.54, 1.807) is 0 Å². The number of nitrogens with zero attached hydrogens (tertiary/aromatic N) is 2. The van der Waals surface area contributed by atoms with Crippen LogP contribution in [0.25, 0.3) is 0 Å². The molecule has 0 saturated carbocycles. The third-order valence-electron chi connectivity index (χ3n) is 0.433. The molecule has 0 unspecified atom stereocenters. The molecule has 0 saturated heterocycles. The monoisotopic (exact) mass is 99.1 g/mol. The van der Waals surface area contributed by atoms with Crippen molar-refractivity contribution in [2.24, 2.45) is 4.99 Å². The van der Waals surface area contributed by atoms with Crippen LogP contribution in [0.15, 0.2) is 4.99 Å². The van der Waals surface area contributed by atoms with Crippen LogP contribution >= 0.6 is 0 Å². The number of rotatable bonds is 2. The van der Waals surface area contributed by atoms with Gasteiger partial charge in [-0.25, -0.2) is 10.4 Å². The molecular formula is C4H9N3. The summed E-state index contributed by atoms with van der Waals surface area (Å²) in [5.41, 5.74) is 0. The van der Waals surface area contributed by atoms with E-state index in [2.05, 4.69) is 4.99 Å². The zero-order valence-electron chi connectivity index (χ0n) is 4.60. The Morgan fingerprint density at radius 1 is 1.71 bits per heavy atom. The number of aliphatic imine (C=N–C) groups is 1. The van der Waals surface area contributed by atoms with E-state index >= 15 is 0 Å². The smallest absolute Gasteiger partial charge is 0.102 e. The minimum absolute atomic E-state index is 0.559. The quantitative estimate of drug-likeness (QED) is 0.495. The van der Waals surface area contributed by atoms with Gasteiger partial charge in [0.25, 0.3) is 0 Å². The molecule has 0 aliphatic rings. The molecule has 0 aromatic heterocycles. The van der Waals surface area contributed by atoms with Crippen LogP contribution in [0.1, 0.15) is 0 Å². The van der Waals surface area contributed by atoms with Crippen molar-refractivity contribution < 1.29 is 0 Å². The second kappa shape index (κ2) is 3.53. The lowest BCUT2D eigenvalue weighted by atomic mass is 10.9. The van der Waals surface area contributed by atoms with E-state index in [0.29, 0.717) is 6.67 Å². The first-order valence-electron chi connectivity index (χ1n) is 2.00. The van der Waals surface area contributed by atoms with Crippen LogP contribution in [0.4, 0.5) is 0 Å². The highest BCUT2D eigenvalue weighted by Crippen LogP contribution is 1.69. The molecule has 40 valence electrons. The van der Waals surface area contributed by atoms with Gasteiger partial charge in [0, 0.05) is 0 Å². The van der Waals surface area contributed by atoms with Gasteiger partial charge in [0.15, 0.2) is 0 Å². The first-order valence-corrected chi connectivity index (χ1v) is 2.00. The van der Waals surface area contributed by atoms with E-state index in [1.165, 1.54) is 0 Å². The molecule has 0 fully saturated rings. The van der Waals surface area contributed by atoms with Crippen LogP contribution in [0.2, 0.25) is 0 Å². The Morgan fingerprint density at radius 2 is 2.29 bits per heavy atom. The summed E-state index contributed by atoms with van der Waals surface area (Å²) >= 11 is 0. The molecule has 0 aromatic rings. The van der Waals surface area contributed by atoms with Gasteiger partial charge in [0.1, 0.15) is 6.67 Å². The highest BCUT2D eigenvalue weighted by Gasteiger charge is 1.78. The number of nitrogens with one attached hydrogen (secondary N) is 1. The minimum Gasteiger partial charge on any atom is -0.290 e. The number of hydrogen-bond acceptors (Lipinski definition) is 3. The van der Waals surface area contributed by atoms with Crippen molar-refractivity contribution in [2.75, 3.05) is 20.8 Å². The lowest BCUT2D eigenvalue weighted by Crippen LogP contribution is -2.10. The van der Waals surface area contributed by atoms with E-state index in [4.69, 9.17) is 5.41 Å². The van der Waals surface area contributed by atoms with E-state index in [9.17, 15) is 0 Å². The molecule has 0 heterocycles. The van der Waals surface area contributed by atoms with Crippen molar-refractivity contribution in [2.45, 2.75) is 0 Å². The molecular weight excluding hydrogens is 90.1 g/mol. The third-order valence-corrected chi connectivity index (χ3v) is 0.433. The van der Waals surface area contributed by atoms with Crippen LogP contribution in [-0.2, 0) is 0 Å². The molecule has 7 heavy (non-hydrogen) atoms. The van der Waals surface area contributed by atoms with Gasteiger partial charge in [-0.2, -0.15) is 0 Å². The van der Waals surface area contributed by atoms with Crippen molar-refractivity contribution >= 4 is 6.01 Å². The standard InChI is InChI=1S/C4H9N3/c1-7(2)4-6-3-5/h5H,4H2,1-2H3. The molecule has 0 aromatic carbocycles. The van der Waals surface area contributed by atoms with Gasteiger partial charge >= 0.3 is 0 Å². The van der Waals surface area contributed by atoms with Gasteiger partial charge in [0.2, 0.25) is 0 Å². The maximum absolute atomic E-state index is 6.35. The summed E-state index contributed by atoms with van der Waals surface area (Å²) in [5, 5.41) is 6.35. The van der Waals surface area contributed by atoms with Gasteiger partial charge in [-0.15, -0.1) is 0 Å². The molecule has 0 aliphatic carbocycles. The summed E-state index contributed by atoms with van der Waals surface area (Å²) < 4.78 is 0. The molecule has 0 amide bonds. The van der Waals surface area contributed by atoms with Crippen LogP contribution in [0.5, 0.6) is 0 Å². The van der Waals surface area contributed by atoms with Crippen molar-refractivity contribution in [3.05, 3.63) is 0 Å². The zero-order valence-corrected chi connectivity index (χ0v) is 4.60. The first-order chi connectivity index (χ1) is 3.27. The first kappa shape index (κ1) is 6.34. The van der Waals surface area contributed by atoms with Crippen molar-refractivity contribution in [3.63, 3.8) is 0 Å². The van der Waals surface area contributed by atoms with Crippen LogP contribution in [0, 0.1) is 5.41 Å². The second-order valence-electron chi connectivity index (χ2n) is 1.49. The van der Waals surface area contributed by atoms with E-state index in [-0.39, 0.29) is 0 Å². The topological polar surface area (TPSA) is 39.5 Å². The van der Waals surface area contributed by atoms with E-state index in [0.717, 1.165) is 0 Å². The largest absolute Gasteiger partial charge is 0.290 e. The minimum atomic E-state index is 0.559. The summed E-state index contributed by atoms with van der Waals surface area (Å²) in [6, 6.07) is 1.93. The molecule has 1 N–H and O–H groups in total. The third kappa shape index (κ3) is 5.34. The molecule has 0 radical (unpaired) electrons. The maximum Gasteiger partial charge on any atom is 0.102 e. The van der Waals surface area contributed by atoms with Gasteiger partial charge in [-0.1, -0.05) is 0 Å². The average molecular weight is 99.1 g/mol. The van der Waals surface area contributed by atoms with Crippen LogP contribution in [-0.4, -0.2) is 31.7 Å². The predicted octanol–water partition coefficient (Wildman–Crippen LogP) is 0.258. The fourth-order valence-electron chi connectivity index (χ4n) is 0.177. The van der Waals surface area contributed by atoms with Crippen molar-refractivity contribution in [1.29, 1.82) is 5.41 Å². The fraction of sp³-hybridized carbons (Fsp3) is 0.750. The summed E-state index contributed by atoms with van der Waals surface area (Å²) in [7, 11) is 3.78. The Bertz CT molecular complexity index is 80.9. The lowest BCUT2D eigenvalue weighted by molar-refractivity contribution is 0.425. The maximum atomic E-state index is 6.35. The molecule has 0 spiro atoms. The number of hydrogen-bond donors (Lipinski definition) is 1. The fourth-order valence-corrected chi connectivity index (χ4v) is 0.177. The Kier molecular flexibility index (Phi) is 3.19. The zero-order chi connectivity index (χ0) is 5.70. The second-order valence-corrected chi connectivity index (χ2v) is 1.49. The molecule has 0 aliphatic heterocycles. The summed E-state index contributed by atoms with van der Waals surface area (Å²) in [6.07, 6.45) is 0. The Labute approximate surface area is 43.2 Å². The Hall–Kier alpha value is -0.660. The normalized spacial score (nSPS) is 8.43. The van der Waals surface area contributed by atoms with Gasteiger partial charge in [-0.3, -0.25) is 4.90 Å². The van der Waals surface area contributed by atoms with Gasteiger partial charge < -0.3 is 0 Å². The van der Waals surface area contributed by atoms with Crippen LogP contribution in [0.3, 0.4) is 0 Å². The van der Waals surface area contributed by atoms with Gasteiger partial charge in [0.05, 0.1) is 6.01 Å². The Morgan fingerprint density at radius 3 is 2.43 bits per heavy atom. The molecule has 0 bridgehead atoms. The highest BCUT2D eigenvalue weighted by molar-refractivity contribution is 5.35. The predicted molar refractivity (Wildman–Crippen MR) is 28.7 cm³/mol.